The number of carbonyl (C=O) groups excluding carboxylic acids is 1. The summed E-state index contributed by atoms with van der Waals surface area (Å²) in [4.78, 5) is 28.3. The molecular formula is C17H29N3O3. The van der Waals surface area contributed by atoms with Crippen LogP contribution in [0.1, 0.15) is 45.4 Å². The summed E-state index contributed by atoms with van der Waals surface area (Å²) in [6.45, 7) is 6.06. The number of carboxylic acid groups (broad SMARTS) is 1. The Morgan fingerprint density at radius 1 is 1.30 bits per heavy atom. The molecule has 2 saturated heterocycles. The van der Waals surface area contributed by atoms with Crippen molar-refractivity contribution in [3.63, 3.8) is 0 Å². The highest BCUT2D eigenvalue weighted by Gasteiger charge is 2.55. The molecule has 23 heavy (non-hydrogen) atoms. The zero-order chi connectivity index (χ0) is 16.4. The molecule has 3 fully saturated rings. The maximum absolute atomic E-state index is 12.5. The van der Waals surface area contributed by atoms with Gasteiger partial charge in [0.2, 0.25) is 0 Å². The van der Waals surface area contributed by atoms with Crippen molar-refractivity contribution in [3.8, 4) is 0 Å². The van der Waals surface area contributed by atoms with E-state index >= 15 is 0 Å². The van der Waals surface area contributed by atoms with Crippen LogP contribution >= 0.6 is 0 Å². The number of likely N-dealkylation sites (tertiary alicyclic amines) is 2. The summed E-state index contributed by atoms with van der Waals surface area (Å²) in [5.74, 6) is -0.589. The lowest BCUT2D eigenvalue weighted by Crippen LogP contribution is -2.46. The maximum Gasteiger partial charge on any atom is 0.317 e. The summed E-state index contributed by atoms with van der Waals surface area (Å²) in [5, 5.41) is 12.7. The summed E-state index contributed by atoms with van der Waals surface area (Å²) < 4.78 is 0. The largest absolute Gasteiger partial charge is 0.481 e. The minimum absolute atomic E-state index is 0.0802. The van der Waals surface area contributed by atoms with Crippen LogP contribution in [0.2, 0.25) is 0 Å². The summed E-state index contributed by atoms with van der Waals surface area (Å²) in [5.41, 5.74) is -0.682. The number of nitrogens with one attached hydrogen (secondary N) is 1. The van der Waals surface area contributed by atoms with Gasteiger partial charge in [-0.05, 0) is 51.1 Å². The van der Waals surface area contributed by atoms with Gasteiger partial charge < -0.3 is 15.3 Å². The second-order valence-corrected chi connectivity index (χ2v) is 7.45. The molecular weight excluding hydrogens is 294 g/mol. The van der Waals surface area contributed by atoms with Crippen molar-refractivity contribution in [1.82, 2.24) is 15.1 Å². The molecule has 0 aromatic heterocycles. The van der Waals surface area contributed by atoms with E-state index in [-0.39, 0.29) is 11.9 Å². The lowest BCUT2D eigenvalue weighted by molar-refractivity contribution is -0.149. The van der Waals surface area contributed by atoms with Crippen LogP contribution < -0.4 is 5.32 Å². The second kappa shape index (κ2) is 6.67. The van der Waals surface area contributed by atoms with Gasteiger partial charge in [-0.15, -0.1) is 0 Å². The van der Waals surface area contributed by atoms with Gasteiger partial charge in [0.25, 0.3) is 0 Å². The number of carboxylic acids is 1. The Balaban J connectivity index is 1.53. The average Bonchev–Trinajstić information content (AvgIpc) is 3.18. The SMILES string of the molecule is CCCN1CCC[C@H]1CNC(=O)N1C[C@@H]2CCC[C@@]2(C(=O)O)C1. The van der Waals surface area contributed by atoms with Crippen molar-refractivity contribution in [2.24, 2.45) is 11.3 Å². The zero-order valence-corrected chi connectivity index (χ0v) is 14.1. The third-order valence-corrected chi connectivity index (χ3v) is 6.08. The van der Waals surface area contributed by atoms with E-state index in [1.807, 2.05) is 0 Å². The van der Waals surface area contributed by atoms with Crippen LogP contribution in [0.25, 0.3) is 0 Å². The number of fused-ring (bicyclic) bond motifs is 1. The molecule has 3 aliphatic rings. The second-order valence-electron chi connectivity index (χ2n) is 7.45. The third-order valence-electron chi connectivity index (χ3n) is 6.08. The molecule has 0 bridgehead atoms. The van der Waals surface area contributed by atoms with Gasteiger partial charge in [0.15, 0.2) is 0 Å². The minimum atomic E-state index is -0.722. The van der Waals surface area contributed by atoms with Crippen LogP contribution in [-0.2, 0) is 4.79 Å². The molecule has 6 heteroatoms. The van der Waals surface area contributed by atoms with Crippen molar-refractivity contribution in [2.75, 3.05) is 32.7 Å². The van der Waals surface area contributed by atoms with E-state index in [9.17, 15) is 14.7 Å². The normalized spacial score (nSPS) is 33.9. The number of amides is 2. The monoisotopic (exact) mass is 323 g/mol. The van der Waals surface area contributed by atoms with E-state index in [0.717, 1.165) is 38.8 Å². The van der Waals surface area contributed by atoms with Gasteiger partial charge in [0, 0.05) is 25.7 Å². The highest BCUT2D eigenvalue weighted by Crippen LogP contribution is 2.48. The van der Waals surface area contributed by atoms with Crippen molar-refractivity contribution in [3.05, 3.63) is 0 Å². The zero-order valence-electron chi connectivity index (χ0n) is 14.1. The lowest BCUT2D eigenvalue weighted by Gasteiger charge is -2.26. The van der Waals surface area contributed by atoms with Crippen LogP contribution in [0, 0.1) is 11.3 Å². The van der Waals surface area contributed by atoms with Gasteiger partial charge in [-0.2, -0.15) is 0 Å². The van der Waals surface area contributed by atoms with E-state index < -0.39 is 11.4 Å². The molecule has 2 N–H and O–H groups in total. The van der Waals surface area contributed by atoms with Crippen LogP contribution in [-0.4, -0.2) is 65.7 Å². The van der Waals surface area contributed by atoms with E-state index in [0.29, 0.717) is 32.1 Å². The Kier molecular flexibility index (Phi) is 4.80. The molecule has 0 radical (unpaired) electrons. The summed E-state index contributed by atoms with van der Waals surface area (Å²) in [7, 11) is 0. The predicted molar refractivity (Wildman–Crippen MR) is 87.3 cm³/mol. The van der Waals surface area contributed by atoms with Crippen LogP contribution in [0.3, 0.4) is 0 Å². The van der Waals surface area contributed by atoms with Gasteiger partial charge >= 0.3 is 12.0 Å². The first-order chi connectivity index (χ1) is 11.1. The Morgan fingerprint density at radius 3 is 2.83 bits per heavy atom. The van der Waals surface area contributed by atoms with E-state index in [1.165, 1.54) is 6.42 Å². The fraction of sp³-hybridized carbons (Fsp3) is 0.882. The number of nitrogens with zero attached hydrogens (tertiary/aromatic N) is 2. The quantitative estimate of drug-likeness (QED) is 0.808. The average molecular weight is 323 g/mol. The Morgan fingerprint density at radius 2 is 2.13 bits per heavy atom. The lowest BCUT2D eigenvalue weighted by atomic mass is 9.81. The van der Waals surface area contributed by atoms with E-state index in [4.69, 9.17) is 0 Å². The fourth-order valence-corrected chi connectivity index (χ4v) is 4.82. The molecule has 0 aromatic carbocycles. The Labute approximate surface area is 138 Å². The predicted octanol–water partition coefficient (Wildman–Crippen LogP) is 1.76. The molecule has 130 valence electrons. The number of rotatable bonds is 5. The molecule has 2 amide bonds. The van der Waals surface area contributed by atoms with Crippen molar-refractivity contribution < 1.29 is 14.7 Å². The molecule has 1 aliphatic carbocycles. The van der Waals surface area contributed by atoms with Gasteiger partial charge in [0.1, 0.15) is 0 Å². The molecule has 0 unspecified atom stereocenters. The van der Waals surface area contributed by atoms with Gasteiger partial charge in [-0.25, -0.2) is 4.79 Å². The molecule has 2 aliphatic heterocycles. The number of aliphatic carboxylic acids is 1. The Bertz CT molecular complexity index is 470. The smallest absolute Gasteiger partial charge is 0.317 e. The number of hydrogen-bond donors (Lipinski definition) is 2. The molecule has 3 rings (SSSR count). The minimum Gasteiger partial charge on any atom is -0.481 e. The Hall–Kier alpha value is -1.30. The van der Waals surface area contributed by atoms with Gasteiger partial charge in [0.05, 0.1) is 5.41 Å². The van der Waals surface area contributed by atoms with E-state index in [1.54, 1.807) is 4.90 Å². The van der Waals surface area contributed by atoms with E-state index in [2.05, 4.69) is 17.1 Å². The highest BCUT2D eigenvalue weighted by atomic mass is 16.4. The molecule has 0 aromatic rings. The number of carbonyl (C=O) groups is 2. The summed E-state index contributed by atoms with van der Waals surface area (Å²) >= 11 is 0. The molecule has 0 spiro atoms. The molecule has 1 saturated carbocycles. The molecule has 6 nitrogen and oxygen atoms in total. The van der Waals surface area contributed by atoms with Crippen molar-refractivity contribution >= 4 is 12.0 Å². The summed E-state index contributed by atoms with van der Waals surface area (Å²) in [6, 6.07) is 0.359. The summed E-state index contributed by atoms with van der Waals surface area (Å²) in [6.07, 6.45) is 6.10. The molecule has 3 atom stereocenters. The number of urea groups is 1. The third kappa shape index (κ3) is 3.05. The highest BCUT2D eigenvalue weighted by molar-refractivity contribution is 5.80. The number of hydrogen-bond acceptors (Lipinski definition) is 3. The first-order valence-corrected chi connectivity index (χ1v) is 9.07. The topological polar surface area (TPSA) is 72.9 Å². The van der Waals surface area contributed by atoms with Crippen molar-refractivity contribution in [2.45, 2.75) is 51.5 Å². The molecule has 2 heterocycles. The van der Waals surface area contributed by atoms with Gasteiger partial charge in [-0.3, -0.25) is 9.69 Å². The van der Waals surface area contributed by atoms with Gasteiger partial charge in [-0.1, -0.05) is 13.3 Å². The maximum atomic E-state index is 12.5. The standard InChI is InChI=1S/C17H29N3O3/c1-2-8-19-9-4-6-14(19)10-18-16(23)20-11-13-5-3-7-17(13,12-20)15(21)22/h13-14H,2-12H2,1H3,(H,18,23)(H,21,22)/t13-,14-,17+/m0/s1. The van der Waals surface area contributed by atoms with Crippen LogP contribution in [0.4, 0.5) is 4.79 Å². The van der Waals surface area contributed by atoms with Crippen LogP contribution in [0.15, 0.2) is 0 Å². The first-order valence-electron chi connectivity index (χ1n) is 9.07. The fourth-order valence-electron chi connectivity index (χ4n) is 4.82. The first kappa shape index (κ1) is 16.6. The van der Waals surface area contributed by atoms with Crippen molar-refractivity contribution in [1.29, 1.82) is 0 Å². The van der Waals surface area contributed by atoms with Crippen LogP contribution in [0.5, 0.6) is 0 Å².